The molecule has 0 saturated heterocycles. The van der Waals surface area contributed by atoms with Crippen molar-refractivity contribution in [3.63, 3.8) is 0 Å². The Hall–Kier alpha value is -0.820. The van der Waals surface area contributed by atoms with Crippen molar-refractivity contribution in [2.24, 2.45) is 46.3 Å². The standard InChI is InChI=1S/C32H58N2O8S/c1-20(7-10-29(39)33-13-6-14-34(4,5)18-23(36)19-43(40,41)42)24-8-9-25-30-26(17-28(38)32(24,25)3)31(2)12-11-22(35)15-21(31)16-27(30)37/h20-28,30,35-38H,6-19H2,1-5H3,(H-,33,39,40,41,42)/p+1/t20-,21+,22-,23+,24-,25+,26+,27-,28+,30+,31+,32-/m1/s1. The predicted molar refractivity (Wildman–Crippen MR) is 164 cm³/mol. The van der Waals surface area contributed by atoms with E-state index in [4.69, 9.17) is 4.55 Å². The lowest BCUT2D eigenvalue weighted by Crippen LogP contribution is -2.62. The Balaban J connectivity index is 1.27. The van der Waals surface area contributed by atoms with E-state index < -0.39 is 28.1 Å². The van der Waals surface area contributed by atoms with Crippen LogP contribution in [0.25, 0.3) is 0 Å². The number of carbonyl (C=O) groups excluding carboxylic acids is 1. The first-order valence-electron chi connectivity index (χ1n) is 16.6. The van der Waals surface area contributed by atoms with Crippen LogP contribution in [-0.2, 0) is 14.9 Å². The Labute approximate surface area is 259 Å². The fourth-order valence-corrected chi connectivity index (χ4v) is 11.1. The van der Waals surface area contributed by atoms with Gasteiger partial charge in [-0.2, -0.15) is 8.42 Å². The molecular formula is C32H59N2O8S+. The van der Waals surface area contributed by atoms with Gasteiger partial charge in [-0.1, -0.05) is 20.8 Å². The second-order valence-electron chi connectivity index (χ2n) is 16.0. The molecule has 43 heavy (non-hydrogen) atoms. The largest absolute Gasteiger partial charge is 0.393 e. The van der Waals surface area contributed by atoms with Crippen LogP contribution in [0.1, 0.15) is 85.0 Å². The molecule has 0 radical (unpaired) electrons. The molecule has 6 N–H and O–H groups in total. The lowest BCUT2D eigenvalue weighted by Gasteiger charge is -2.63. The van der Waals surface area contributed by atoms with Crippen molar-refractivity contribution in [2.45, 2.75) is 109 Å². The lowest BCUT2D eigenvalue weighted by atomic mass is 9.43. The zero-order valence-electron chi connectivity index (χ0n) is 27.0. The van der Waals surface area contributed by atoms with Gasteiger partial charge in [0, 0.05) is 19.4 Å². The molecule has 10 nitrogen and oxygen atoms in total. The van der Waals surface area contributed by atoms with E-state index in [0.29, 0.717) is 48.7 Å². The highest BCUT2D eigenvalue weighted by molar-refractivity contribution is 7.85. The van der Waals surface area contributed by atoms with Crippen molar-refractivity contribution < 1.29 is 42.7 Å². The van der Waals surface area contributed by atoms with Gasteiger partial charge < -0.3 is 30.2 Å². The van der Waals surface area contributed by atoms with Crippen molar-refractivity contribution in [2.75, 3.05) is 39.5 Å². The third-order valence-electron chi connectivity index (χ3n) is 12.7. The molecule has 4 saturated carbocycles. The van der Waals surface area contributed by atoms with Gasteiger partial charge in [-0.05, 0) is 97.7 Å². The Morgan fingerprint density at radius 1 is 1.05 bits per heavy atom. The molecule has 4 aliphatic carbocycles. The summed E-state index contributed by atoms with van der Waals surface area (Å²) in [4.78, 5) is 12.7. The highest BCUT2D eigenvalue weighted by atomic mass is 32.2. The van der Waals surface area contributed by atoms with Crippen LogP contribution < -0.4 is 5.32 Å². The molecule has 0 aromatic heterocycles. The highest BCUT2D eigenvalue weighted by Gasteiger charge is 2.65. The Morgan fingerprint density at radius 2 is 1.74 bits per heavy atom. The number of hydrogen-bond donors (Lipinski definition) is 6. The van der Waals surface area contributed by atoms with Gasteiger partial charge >= 0.3 is 0 Å². The molecule has 0 heterocycles. The number of quaternary nitrogens is 1. The van der Waals surface area contributed by atoms with Crippen molar-refractivity contribution in [1.29, 1.82) is 0 Å². The molecule has 0 aromatic rings. The van der Waals surface area contributed by atoms with Gasteiger partial charge in [0.15, 0.2) is 0 Å². The van der Waals surface area contributed by atoms with Crippen LogP contribution >= 0.6 is 0 Å². The van der Waals surface area contributed by atoms with E-state index in [1.165, 1.54) is 0 Å². The molecule has 12 atom stereocenters. The average molecular weight is 632 g/mol. The summed E-state index contributed by atoms with van der Waals surface area (Å²) in [6.07, 6.45) is 5.56. The molecule has 0 aliphatic heterocycles. The lowest BCUT2D eigenvalue weighted by molar-refractivity contribution is -0.893. The third-order valence-corrected chi connectivity index (χ3v) is 13.5. The molecule has 4 rings (SSSR count). The first kappa shape index (κ1) is 35.0. The number of aliphatic hydroxyl groups is 4. The molecule has 0 spiro atoms. The molecule has 11 heteroatoms. The number of hydrogen-bond acceptors (Lipinski definition) is 7. The van der Waals surface area contributed by atoms with E-state index in [0.717, 1.165) is 44.9 Å². The van der Waals surface area contributed by atoms with Crippen LogP contribution in [0.3, 0.4) is 0 Å². The van der Waals surface area contributed by atoms with E-state index in [2.05, 4.69) is 26.1 Å². The maximum absolute atomic E-state index is 12.7. The van der Waals surface area contributed by atoms with Crippen LogP contribution in [0.5, 0.6) is 0 Å². The molecule has 250 valence electrons. The molecule has 0 bridgehead atoms. The van der Waals surface area contributed by atoms with E-state index in [1.807, 2.05) is 14.1 Å². The highest BCUT2D eigenvalue weighted by Crippen LogP contribution is 2.68. The number of likely N-dealkylation sites (N-methyl/N-ethyl adjacent to an activating group) is 1. The number of nitrogens with one attached hydrogen (secondary N) is 1. The van der Waals surface area contributed by atoms with Crippen LogP contribution in [0, 0.1) is 46.3 Å². The third kappa shape index (κ3) is 7.60. The molecule has 4 aliphatic rings. The summed E-state index contributed by atoms with van der Waals surface area (Å²) in [6.45, 7) is 8.10. The van der Waals surface area contributed by atoms with Crippen molar-refractivity contribution >= 4 is 16.0 Å². The number of nitrogens with zero attached hydrogens (tertiary/aromatic N) is 1. The van der Waals surface area contributed by atoms with Crippen molar-refractivity contribution in [1.82, 2.24) is 5.32 Å². The summed E-state index contributed by atoms with van der Waals surface area (Å²) in [6, 6.07) is 0. The summed E-state index contributed by atoms with van der Waals surface area (Å²) in [5.41, 5.74) is -0.222. The summed E-state index contributed by atoms with van der Waals surface area (Å²) in [7, 11) is -0.484. The van der Waals surface area contributed by atoms with Crippen molar-refractivity contribution in [3.05, 3.63) is 0 Å². The van der Waals surface area contributed by atoms with Crippen LogP contribution in [0.2, 0.25) is 0 Å². The average Bonchev–Trinajstić information content (AvgIpc) is 3.24. The van der Waals surface area contributed by atoms with Gasteiger partial charge in [-0.3, -0.25) is 9.35 Å². The SMILES string of the molecule is C[C@H](CCC(=O)NCCC[N+](C)(C)C[C@H](O)CS(=O)(=O)O)[C@H]1CC[C@H]2[C@@H]3[C@H](O)C[C@@H]4C[C@H](O)CC[C@]4(C)[C@H]3C[C@H](O)[C@]12C. The second kappa shape index (κ2) is 13.1. The fourth-order valence-electron chi connectivity index (χ4n) is 10.5. The Bertz CT molecular complexity index is 1090. The van der Waals surface area contributed by atoms with Crippen LogP contribution in [-0.4, -0.2) is 108 Å². The number of rotatable bonds is 12. The quantitative estimate of drug-likeness (QED) is 0.108. The molecule has 0 unspecified atom stereocenters. The van der Waals surface area contributed by atoms with Gasteiger partial charge in [-0.25, -0.2) is 0 Å². The first-order valence-corrected chi connectivity index (χ1v) is 18.2. The fraction of sp³-hybridized carbons (Fsp3) is 0.969. The summed E-state index contributed by atoms with van der Waals surface area (Å²) in [5.74, 6) is 0.890. The van der Waals surface area contributed by atoms with E-state index >= 15 is 0 Å². The van der Waals surface area contributed by atoms with Gasteiger partial charge in [-0.15, -0.1) is 0 Å². The number of fused-ring (bicyclic) bond motifs is 5. The Morgan fingerprint density at radius 3 is 2.42 bits per heavy atom. The minimum atomic E-state index is -4.23. The second-order valence-corrected chi connectivity index (χ2v) is 17.5. The Kier molecular flexibility index (Phi) is 10.7. The van der Waals surface area contributed by atoms with E-state index in [1.54, 1.807) is 0 Å². The van der Waals surface area contributed by atoms with Gasteiger partial charge in [0.05, 0.1) is 39.0 Å². The number of amides is 1. The van der Waals surface area contributed by atoms with Gasteiger partial charge in [0.2, 0.25) is 5.91 Å². The smallest absolute Gasteiger partial charge is 0.267 e. The van der Waals surface area contributed by atoms with E-state index in [-0.39, 0.29) is 59.2 Å². The van der Waals surface area contributed by atoms with Crippen LogP contribution in [0.4, 0.5) is 0 Å². The predicted octanol–water partition coefficient (Wildman–Crippen LogP) is 2.20. The van der Waals surface area contributed by atoms with Crippen molar-refractivity contribution in [3.8, 4) is 0 Å². The minimum Gasteiger partial charge on any atom is -0.393 e. The first-order chi connectivity index (χ1) is 19.9. The molecular weight excluding hydrogens is 572 g/mol. The topological polar surface area (TPSA) is 164 Å². The monoisotopic (exact) mass is 631 g/mol. The normalized spacial score (nSPS) is 41.1. The summed E-state index contributed by atoms with van der Waals surface area (Å²) < 4.78 is 31.3. The molecule has 0 aromatic carbocycles. The van der Waals surface area contributed by atoms with Crippen LogP contribution in [0.15, 0.2) is 0 Å². The van der Waals surface area contributed by atoms with E-state index in [9.17, 15) is 33.6 Å². The maximum atomic E-state index is 12.7. The van der Waals surface area contributed by atoms with Gasteiger partial charge in [0.1, 0.15) is 18.4 Å². The summed E-state index contributed by atoms with van der Waals surface area (Å²) >= 11 is 0. The van der Waals surface area contributed by atoms with Gasteiger partial charge in [0.25, 0.3) is 10.1 Å². The zero-order valence-corrected chi connectivity index (χ0v) is 27.8. The zero-order chi connectivity index (χ0) is 32.0. The number of carbonyl (C=O) groups is 1. The maximum Gasteiger partial charge on any atom is 0.267 e. The molecule has 1 amide bonds. The molecule has 4 fully saturated rings. The number of aliphatic hydroxyl groups excluding tert-OH is 4. The minimum absolute atomic E-state index is 0.00585. The summed E-state index contributed by atoms with van der Waals surface area (Å²) in [5, 5.41) is 46.5.